The third kappa shape index (κ3) is 6.76. The van der Waals surface area contributed by atoms with Crippen LogP contribution in [0.2, 0.25) is 0 Å². The van der Waals surface area contributed by atoms with Crippen molar-refractivity contribution in [3.8, 4) is 0 Å². The molecule has 7 nitrogen and oxygen atoms in total. The minimum absolute atomic E-state index is 0.162. The molecule has 3 aromatic heterocycles. The molecular formula is C33H41N5O2S. The van der Waals surface area contributed by atoms with E-state index in [1.54, 1.807) is 24.1 Å². The van der Waals surface area contributed by atoms with E-state index in [2.05, 4.69) is 43.2 Å². The van der Waals surface area contributed by atoms with Gasteiger partial charge < -0.3 is 15.6 Å². The predicted molar refractivity (Wildman–Crippen MR) is 167 cm³/mol. The van der Waals surface area contributed by atoms with Crippen LogP contribution in [0, 0.1) is 11.3 Å². The number of hydrogen-bond donors (Lipinski definition) is 2. The molecule has 0 unspecified atom stereocenters. The van der Waals surface area contributed by atoms with Crippen LogP contribution in [0.1, 0.15) is 95.8 Å². The van der Waals surface area contributed by atoms with E-state index >= 15 is 0 Å². The molecule has 0 bridgehead atoms. The molecule has 0 aliphatic heterocycles. The summed E-state index contributed by atoms with van der Waals surface area (Å²) in [4.78, 5) is 36.4. The largest absolute Gasteiger partial charge is 0.330 e. The summed E-state index contributed by atoms with van der Waals surface area (Å²) in [5, 5.41) is 4.05. The van der Waals surface area contributed by atoms with Gasteiger partial charge in [0.15, 0.2) is 5.78 Å². The maximum atomic E-state index is 13.1. The molecule has 0 saturated carbocycles. The Hall–Kier alpha value is -3.36. The minimum Gasteiger partial charge on any atom is -0.330 e. The van der Waals surface area contributed by atoms with Gasteiger partial charge in [-0.15, -0.1) is 11.3 Å². The zero-order valence-corrected chi connectivity index (χ0v) is 25.4. The van der Waals surface area contributed by atoms with E-state index in [1.807, 2.05) is 24.3 Å². The first-order chi connectivity index (χ1) is 19.6. The van der Waals surface area contributed by atoms with Gasteiger partial charge in [0.2, 0.25) is 0 Å². The number of unbranched alkanes of at least 4 members (excludes halogenated alkanes) is 1. The number of nitrogens with one attached hydrogen (secondary N) is 1. The van der Waals surface area contributed by atoms with E-state index in [-0.39, 0.29) is 17.6 Å². The third-order valence-electron chi connectivity index (χ3n) is 8.53. The Morgan fingerprint density at radius 3 is 2.76 bits per heavy atom. The lowest BCUT2D eigenvalue weighted by atomic mass is 9.71. The molecule has 3 N–H and O–H groups in total. The lowest BCUT2D eigenvalue weighted by molar-refractivity contribution is 0.0981. The average molecular weight is 572 g/mol. The number of benzene rings is 1. The number of ketones is 1. The molecule has 0 fully saturated rings. The molecule has 1 aromatic carbocycles. The number of nitrogens with zero attached hydrogens (tertiary/aromatic N) is 3. The fraction of sp³-hybridized carbons (Fsp3) is 0.455. The van der Waals surface area contributed by atoms with Crippen LogP contribution in [-0.2, 0) is 19.9 Å². The molecule has 1 aliphatic carbocycles. The molecule has 0 radical (unpaired) electrons. The number of hydrogen-bond acceptors (Lipinski definition) is 6. The van der Waals surface area contributed by atoms with Gasteiger partial charge in [-0.25, -0.2) is 9.97 Å². The molecule has 1 amide bonds. The van der Waals surface area contributed by atoms with Crippen LogP contribution in [0.5, 0.6) is 0 Å². The topological polar surface area (TPSA) is 103 Å². The zero-order chi connectivity index (χ0) is 29.1. The van der Waals surface area contributed by atoms with Gasteiger partial charge in [-0.3, -0.25) is 9.59 Å². The third-order valence-corrected chi connectivity index (χ3v) is 9.61. The number of pyridine rings is 1. The maximum Gasteiger partial charge on any atom is 0.273 e. The van der Waals surface area contributed by atoms with Gasteiger partial charge in [0.1, 0.15) is 10.5 Å². The summed E-state index contributed by atoms with van der Waals surface area (Å²) in [5.74, 6) is 0.827. The summed E-state index contributed by atoms with van der Waals surface area (Å²) in [5.41, 5.74) is 11.3. The molecule has 8 heteroatoms. The van der Waals surface area contributed by atoms with Crippen molar-refractivity contribution in [1.82, 2.24) is 14.5 Å². The van der Waals surface area contributed by atoms with Crippen LogP contribution in [0.15, 0.2) is 48.9 Å². The number of aryl methyl sites for hydroxylation is 2. The van der Waals surface area contributed by atoms with E-state index in [9.17, 15) is 9.59 Å². The highest BCUT2D eigenvalue weighted by Gasteiger charge is 2.29. The Bertz CT molecular complexity index is 1550. The van der Waals surface area contributed by atoms with Gasteiger partial charge in [0.05, 0.1) is 17.4 Å². The first-order valence-corrected chi connectivity index (χ1v) is 15.5. The number of thiophene rings is 1. The van der Waals surface area contributed by atoms with E-state index < -0.39 is 0 Å². The number of aromatic nitrogens is 3. The van der Waals surface area contributed by atoms with Crippen LogP contribution in [-0.4, -0.2) is 32.8 Å². The van der Waals surface area contributed by atoms with Gasteiger partial charge in [0.25, 0.3) is 5.91 Å². The maximum absolute atomic E-state index is 13.1. The van der Waals surface area contributed by atoms with Crippen LogP contribution < -0.4 is 11.1 Å². The monoisotopic (exact) mass is 571 g/mol. The van der Waals surface area contributed by atoms with Gasteiger partial charge >= 0.3 is 0 Å². The molecule has 41 heavy (non-hydrogen) atoms. The lowest BCUT2D eigenvalue weighted by Crippen LogP contribution is -2.27. The Labute approximate surface area is 246 Å². The highest BCUT2D eigenvalue weighted by molar-refractivity contribution is 7.20. The fourth-order valence-electron chi connectivity index (χ4n) is 5.86. The lowest BCUT2D eigenvalue weighted by Gasteiger charge is -2.34. The van der Waals surface area contributed by atoms with Crippen LogP contribution in [0.3, 0.4) is 0 Å². The van der Waals surface area contributed by atoms with Gasteiger partial charge in [-0.1, -0.05) is 39.3 Å². The molecule has 5 rings (SSSR count). The quantitative estimate of drug-likeness (QED) is 0.159. The predicted octanol–water partition coefficient (Wildman–Crippen LogP) is 6.92. The number of amides is 1. The van der Waals surface area contributed by atoms with Crippen LogP contribution >= 0.6 is 11.3 Å². The smallest absolute Gasteiger partial charge is 0.273 e. The summed E-state index contributed by atoms with van der Waals surface area (Å²) in [6.07, 6.45) is 9.57. The van der Waals surface area contributed by atoms with Gasteiger partial charge in [0, 0.05) is 30.2 Å². The number of nitrogens with two attached hydrogens (primary N) is 1. The Morgan fingerprint density at radius 1 is 1.20 bits per heavy atom. The highest BCUT2D eigenvalue weighted by Crippen LogP contribution is 2.38. The molecule has 216 valence electrons. The van der Waals surface area contributed by atoms with Crippen molar-refractivity contribution in [2.75, 3.05) is 11.9 Å². The number of anilines is 1. The van der Waals surface area contributed by atoms with Crippen molar-refractivity contribution >= 4 is 38.9 Å². The molecule has 0 saturated heterocycles. The van der Waals surface area contributed by atoms with Crippen LogP contribution in [0.4, 0.5) is 5.69 Å². The van der Waals surface area contributed by atoms with Crippen molar-refractivity contribution in [1.29, 1.82) is 0 Å². The fourth-order valence-corrected chi connectivity index (χ4v) is 6.86. The molecule has 1 aliphatic rings. The summed E-state index contributed by atoms with van der Waals surface area (Å²) in [7, 11) is 1.79. The minimum atomic E-state index is -0.198. The second-order valence-corrected chi connectivity index (χ2v) is 13.5. The Balaban J connectivity index is 1.15. The summed E-state index contributed by atoms with van der Waals surface area (Å²) >= 11 is 1.54. The molecule has 3 heterocycles. The molecular weight excluding hydrogens is 530 g/mol. The number of carbonyl (C=O) groups excluding carboxylic acids is 2. The van der Waals surface area contributed by atoms with Crippen molar-refractivity contribution in [2.24, 2.45) is 24.1 Å². The summed E-state index contributed by atoms with van der Waals surface area (Å²) in [6.45, 7) is 7.49. The van der Waals surface area contributed by atoms with E-state index in [1.165, 1.54) is 29.0 Å². The Kier molecular flexibility index (Phi) is 8.71. The first-order valence-electron chi connectivity index (χ1n) is 14.7. The number of carbonyl (C=O) groups is 2. The number of fused-ring (bicyclic) bond motifs is 2. The van der Waals surface area contributed by atoms with Crippen molar-refractivity contribution in [2.45, 2.75) is 71.6 Å². The van der Waals surface area contributed by atoms with Crippen molar-refractivity contribution in [3.63, 3.8) is 0 Å². The van der Waals surface area contributed by atoms with Gasteiger partial charge in [-0.05, 0) is 91.3 Å². The molecule has 2 atom stereocenters. The standard InChI is InChI=1S/C33H41N5O2S/c1-33(2,3)25-12-13-27-23(15-25)14-24-17-30(41-32(24)37-27)29(39)11-6-5-8-22(18-34)21-9-7-10-26(16-21)36-31(40)28-19-35-20-38(28)4/h7,9-10,14,16-17,19-20,22,25H,5-6,8,11-13,15,18,34H2,1-4H3,(H,36,40)/t22-,25-/m1/s1. The zero-order valence-electron chi connectivity index (χ0n) is 24.6. The van der Waals surface area contributed by atoms with E-state index in [4.69, 9.17) is 10.7 Å². The second-order valence-electron chi connectivity index (χ2n) is 12.5. The summed E-state index contributed by atoms with van der Waals surface area (Å²) < 4.78 is 1.69. The average Bonchev–Trinajstić information content (AvgIpc) is 3.56. The van der Waals surface area contributed by atoms with Crippen molar-refractivity contribution < 1.29 is 9.59 Å². The highest BCUT2D eigenvalue weighted by atomic mass is 32.1. The molecule has 4 aromatic rings. The number of rotatable bonds is 10. The van der Waals surface area contributed by atoms with E-state index in [0.29, 0.717) is 30.0 Å². The molecule has 0 spiro atoms. The summed E-state index contributed by atoms with van der Waals surface area (Å²) in [6, 6.07) is 12.2. The second kappa shape index (κ2) is 12.2. The van der Waals surface area contributed by atoms with Crippen LogP contribution in [0.25, 0.3) is 10.2 Å². The van der Waals surface area contributed by atoms with Gasteiger partial charge in [-0.2, -0.15) is 0 Å². The number of Topliss-reactive ketones (excluding diaryl/α,β-unsaturated/α-hetero) is 1. The number of imidazole rings is 1. The SMILES string of the molecule is Cn1cncc1C(=O)Nc1cccc([C@@H](CN)CCCCC(=O)c2cc3cc4c(nc3s2)CC[C@@H](C(C)(C)C)C4)c1. The van der Waals surface area contributed by atoms with E-state index in [0.717, 1.165) is 58.4 Å². The first kappa shape index (κ1) is 29.1. The normalized spacial score (nSPS) is 16.0. The van der Waals surface area contributed by atoms with Crippen molar-refractivity contribution in [3.05, 3.63) is 76.3 Å². The Morgan fingerprint density at radius 2 is 2.02 bits per heavy atom.